The minimum Gasteiger partial charge on any atom is -0.309 e. The van der Waals surface area contributed by atoms with Crippen molar-refractivity contribution in [1.82, 2.24) is 5.32 Å². The molecule has 0 aromatic heterocycles. The lowest BCUT2D eigenvalue weighted by Gasteiger charge is -2.18. The van der Waals surface area contributed by atoms with Crippen molar-refractivity contribution in [2.24, 2.45) is 0 Å². The fourth-order valence-corrected chi connectivity index (χ4v) is 1.39. The first-order valence-electron chi connectivity index (χ1n) is 4.42. The van der Waals surface area contributed by atoms with Crippen LogP contribution in [-0.4, -0.2) is 13.1 Å². The van der Waals surface area contributed by atoms with E-state index in [4.69, 9.17) is 0 Å². The molecule has 2 heteroatoms. The normalized spacial score (nSPS) is 15.4. The van der Waals surface area contributed by atoms with Crippen molar-refractivity contribution in [2.75, 3.05) is 13.1 Å². The molecule has 1 aliphatic rings. The Morgan fingerprint density at radius 2 is 2.15 bits per heavy atom. The molecule has 0 unspecified atom stereocenters. The zero-order valence-corrected chi connectivity index (χ0v) is 7.60. The summed E-state index contributed by atoms with van der Waals surface area (Å²) in [5, 5.41) is 3.17. The number of halogens is 1. The summed E-state index contributed by atoms with van der Waals surface area (Å²) in [5.74, 6) is -0.161. The molecule has 0 spiro atoms. The average Bonchev–Trinajstić information content (AvgIpc) is 1.99. The predicted molar refractivity (Wildman–Crippen MR) is 52.0 cm³/mol. The minimum absolute atomic E-state index is 0.161. The van der Waals surface area contributed by atoms with Gasteiger partial charge in [0, 0.05) is 13.1 Å². The van der Waals surface area contributed by atoms with Crippen LogP contribution >= 0.6 is 0 Å². The Kier molecular flexibility index (Phi) is 2.15. The molecule has 1 aromatic carbocycles. The van der Waals surface area contributed by atoms with E-state index in [9.17, 15) is 4.39 Å². The number of nitrogens with one attached hydrogen (secondary N) is 1. The molecule has 1 aromatic rings. The number of rotatable bonds is 1. The van der Waals surface area contributed by atoms with Crippen LogP contribution in [0.2, 0.25) is 0 Å². The lowest BCUT2D eigenvalue weighted by Crippen LogP contribution is -2.33. The Balaban J connectivity index is 2.29. The molecule has 1 aliphatic heterocycles. The quantitative estimate of drug-likeness (QED) is 0.692. The zero-order chi connectivity index (χ0) is 9.26. The molecule has 1 saturated heterocycles. The van der Waals surface area contributed by atoms with Gasteiger partial charge in [0.1, 0.15) is 5.82 Å². The predicted octanol–water partition coefficient (Wildman–Crippen LogP) is 2.12. The molecule has 13 heavy (non-hydrogen) atoms. The first-order chi connectivity index (χ1) is 6.25. The van der Waals surface area contributed by atoms with E-state index >= 15 is 0 Å². The maximum Gasteiger partial charge on any atom is 0.123 e. The molecule has 1 heterocycles. The van der Waals surface area contributed by atoms with Gasteiger partial charge >= 0.3 is 0 Å². The van der Waals surface area contributed by atoms with Gasteiger partial charge in [-0.05, 0) is 35.8 Å². The third-order valence-corrected chi connectivity index (χ3v) is 2.30. The molecule has 68 valence electrons. The monoisotopic (exact) mass is 177 g/mol. The highest BCUT2D eigenvalue weighted by Crippen LogP contribution is 2.15. The summed E-state index contributed by atoms with van der Waals surface area (Å²) in [6.07, 6.45) is 2.13. The molecule has 0 radical (unpaired) electrons. The Morgan fingerprint density at radius 3 is 2.69 bits per heavy atom. The van der Waals surface area contributed by atoms with E-state index in [1.807, 2.05) is 13.0 Å². The molecule has 0 atom stereocenters. The number of aryl methyl sites for hydroxylation is 1. The molecule has 1 fully saturated rings. The maximum absolute atomic E-state index is 12.7. The summed E-state index contributed by atoms with van der Waals surface area (Å²) < 4.78 is 12.7. The van der Waals surface area contributed by atoms with Crippen LogP contribution in [0.25, 0.3) is 6.08 Å². The summed E-state index contributed by atoms with van der Waals surface area (Å²) >= 11 is 0. The van der Waals surface area contributed by atoms with Crippen LogP contribution in [0.1, 0.15) is 11.1 Å². The molecule has 0 bridgehead atoms. The van der Waals surface area contributed by atoms with Crippen LogP contribution in [0.3, 0.4) is 0 Å². The smallest absolute Gasteiger partial charge is 0.123 e. The van der Waals surface area contributed by atoms with E-state index in [1.165, 1.54) is 11.6 Å². The summed E-state index contributed by atoms with van der Waals surface area (Å²) in [6.45, 7) is 3.87. The summed E-state index contributed by atoms with van der Waals surface area (Å²) in [4.78, 5) is 0. The highest BCUT2D eigenvalue weighted by Gasteiger charge is 2.07. The topological polar surface area (TPSA) is 12.0 Å². The van der Waals surface area contributed by atoms with E-state index in [1.54, 1.807) is 6.07 Å². The van der Waals surface area contributed by atoms with Crippen LogP contribution in [-0.2, 0) is 0 Å². The fourth-order valence-electron chi connectivity index (χ4n) is 1.39. The summed E-state index contributed by atoms with van der Waals surface area (Å²) in [6, 6.07) is 4.90. The Bertz CT molecular complexity index is 349. The molecule has 1 N–H and O–H groups in total. The molecular weight excluding hydrogens is 165 g/mol. The van der Waals surface area contributed by atoms with Crippen molar-refractivity contribution in [1.29, 1.82) is 0 Å². The second-order valence-electron chi connectivity index (χ2n) is 3.41. The minimum atomic E-state index is -0.161. The first-order valence-corrected chi connectivity index (χ1v) is 4.42. The van der Waals surface area contributed by atoms with E-state index in [-0.39, 0.29) is 5.82 Å². The maximum atomic E-state index is 12.7. The van der Waals surface area contributed by atoms with Gasteiger partial charge in [0.15, 0.2) is 0 Å². The Morgan fingerprint density at radius 1 is 1.38 bits per heavy atom. The first kappa shape index (κ1) is 8.45. The Labute approximate surface area is 77.3 Å². The van der Waals surface area contributed by atoms with Crippen LogP contribution in [0.15, 0.2) is 23.8 Å². The lowest BCUT2D eigenvalue weighted by atomic mass is 10.0. The lowest BCUT2D eigenvalue weighted by molar-refractivity contribution is 0.626. The van der Waals surface area contributed by atoms with Crippen LogP contribution in [0.4, 0.5) is 4.39 Å². The van der Waals surface area contributed by atoms with Crippen LogP contribution < -0.4 is 5.32 Å². The van der Waals surface area contributed by atoms with Gasteiger partial charge in [-0.3, -0.25) is 0 Å². The van der Waals surface area contributed by atoms with Gasteiger partial charge in [-0.15, -0.1) is 0 Å². The summed E-state index contributed by atoms with van der Waals surface area (Å²) in [7, 11) is 0. The van der Waals surface area contributed by atoms with E-state index in [0.717, 1.165) is 24.2 Å². The molecule has 0 amide bonds. The van der Waals surface area contributed by atoms with Crippen molar-refractivity contribution >= 4 is 6.08 Å². The van der Waals surface area contributed by atoms with Gasteiger partial charge in [0.2, 0.25) is 0 Å². The average molecular weight is 177 g/mol. The number of hydrogen-bond donors (Lipinski definition) is 1. The van der Waals surface area contributed by atoms with Gasteiger partial charge in [-0.25, -0.2) is 4.39 Å². The second kappa shape index (κ2) is 3.30. The van der Waals surface area contributed by atoms with E-state index in [2.05, 4.69) is 11.4 Å². The SMILES string of the molecule is Cc1cc(F)ccc1C=C1CNC1. The van der Waals surface area contributed by atoms with E-state index in [0.29, 0.717) is 0 Å². The van der Waals surface area contributed by atoms with Crippen molar-refractivity contribution in [3.05, 3.63) is 40.7 Å². The van der Waals surface area contributed by atoms with Gasteiger partial charge in [0.05, 0.1) is 0 Å². The van der Waals surface area contributed by atoms with Gasteiger partial charge in [0.25, 0.3) is 0 Å². The molecule has 2 rings (SSSR count). The molecule has 0 saturated carbocycles. The van der Waals surface area contributed by atoms with Crippen molar-refractivity contribution in [3.8, 4) is 0 Å². The van der Waals surface area contributed by atoms with Gasteiger partial charge in [-0.2, -0.15) is 0 Å². The second-order valence-corrected chi connectivity index (χ2v) is 3.41. The van der Waals surface area contributed by atoms with Crippen LogP contribution in [0.5, 0.6) is 0 Å². The third kappa shape index (κ3) is 1.78. The molecule has 0 aliphatic carbocycles. The number of benzene rings is 1. The van der Waals surface area contributed by atoms with Crippen LogP contribution in [0, 0.1) is 12.7 Å². The van der Waals surface area contributed by atoms with Crippen molar-refractivity contribution in [2.45, 2.75) is 6.92 Å². The number of hydrogen-bond acceptors (Lipinski definition) is 1. The highest BCUT2D eigenvalue weighted by molar-refractivity contribution is 5.58. The van der Waals surface area contributed by atoms with Crippen molar-refractivity contribution in [3.63, 3.8) is 0 Å². The fraction of sp³-hybridized carbons (Fsp3) is 0.273. The Hall–Kier alpha value is -1.15. The third-order valence-electron chi connectivity index (χ3n) is 2.30. The zero-order valence-electron chi connectivity index (χ0n) is 7.60. The largest absolute Gasteiger partial charge is 0.309 e. The highest BCUT2D eigenvalue weighted by atomic mass is 19.1. The standard InChI is InChI=1S/C11H12FN/c1-8-4-11(12)3-2-10(8)5-9-6-13-7-9/h2-5,13H,6-7H2,1H3. The van der Waals surface area contributed by atoms with Gasteiger partial charge < -0.3 is 5.32 Å². The molecular formula is C11H12FN. The van der Waals surface area contributed by atoms with E-state index < -0.39 is 0 Å². The molecule has 1 nitrogen and oxygen atoms in total. The van der Waals surface area contributed by atoms with Gasteiger partial charge in [-0.1, -0.05) is 12.1 Å². The summed E-state index contributed by atoms with van der Waals surface area (Å²) in [5.41, 5.74) is 3.51. The van der Waals surface area contributed by atoms with Crippen molar-refractivity contribution < 1.29 is 4.39 Å².